The summed E-state index contributed by atoms with van der Waals surface area (Å²) in [5, 5.41) is 6.91. The highest BCUT2D eigenvalue weighted by Gasteiger charge is 2.29. The molecule has 3 aromatic rings. The first-order chi connectivity index (χ1) is 12.3. The lowest BCUT2D eigenvalue weighted by molar-refractivity contribution is 0.208. The predicted molar refractivity (Wildman–Crippen MR) is 94.9 cm³/mol. The van der Waals surface area contributed by atoms with Crippen molar-refractivity contribution in [2.24, 2.45) is 0 Å². The lowest BCUT2D eigenvalue weighted by Gasteiger charge is -2.39. The fourth-order valence-electron chi connectivity index (χ4n) is 3.44. The maximum absolute atomic E-state index is 14.5. The summed E-state index contributed by atoms with van der Waals surface area (Å²) in [4.78, 5) is 9.00. The number of piperazine rings is 1. The Balaban J connectivity index is 1.57. The van der Waals surface area contributed by atoms with Crippen LogP contribution in [0, 0.1) is 5.82 Å². The summed E-state index contributed by atoms with van der Waals surface area (Å²) in [6.45, 7) is 3.39. The topological polar surface area (TPSA) is 48.1 Å². The van der Waals surface area contributed by atoms with Gasteiger partial charge in [0.25, 0.3) is 0 Å². The molecule has 0 bridgehead atoms. The molecule has 0 radical (unpaired) electrons. The van der Waals surface area contributed by atoms with E-state index < -0.39 is 0 Å². The van der Waals surface area contributed by atoms with Crippen molar-refractivity contribution in [1.29, 1.82) is 0 Å². The first-order valence-corrected chi connectivity index (χ1v) is 8.46. The average Bonchev–Trinajstić information content (AvgIpc) is 3.19. The Labute approximate surface area is 146 Å². The van der Waals surface area contributed by atoms with Crippen molar-refractivity contribution < 1.29 is 4.39 Å². The smallest absolute Gasteiger partial charge is 0.128 e. The second-order valence-corrected chi connectivity index (χ2v) is 6.17. The Bertz CT molecular complexity index is 798. The fourth-order valence-corrected chi connectivity index (χ4v) is 3.44. The molecule has 0 spiro atoms. The number of nitrogens with zero attached hydrogens (tertiary/aromatic N) is 4. The van der Waals surface area contributed by atoms with Gasteiger partial charge in [0.2, 0.25) is 0 Å². The summed E-state index contributed by atoms with van der Waals surface area (Å²) < 4.78 is 14.5. The molecule has 1 atom stereocenters. The van der Waals surface area contributed by atoms with Crippen LogP contribution in [0.1, 0.15) is 17.2 Å². The zero-order chi connectivity index (χ0) is 17.1. The largest absolute Gasteiger partial charge is 0.354 e. The van der Waals surface area contributed by atoms with Crippen molar-refractivity contribution in [3.05, 3.63) is 78.0 Å². The van der Waals surface area contributed by atoms with E-state index in [9.17, 15) is 4.39 Å². The predicted octanol–water partition coefficient (Wildman–Crippen LogP) is 2.86. The SMILES string of the molecule is Fc1ccccc1C(c1cn[nH]c1)N1CCN(c2ccccn2)CC1. The van der Waals surface area contributed by atoms with Crippen molar-refractivity contribution in [1.82, 2.24) is 20.1 Å². The van der Waals surface area contributed by atoms with E-state index in [0.29, 0.717) is 5.56 Å². The van der Waals surface area contributed by atoms with Gasteiger partial charge in [0.1, 0.15) is 11.6 Å². The van der Waals surface area contributed by atoms with E-state index in [1.807, 2.05) is 42.7 Å². The van der Waals surface area contributed by atoms with E-state index in [4.69, 9.17) is 0 Å². The highest BCUT2D eigenvalue weighted by Crippen LogP contribution is 2.31. The van der Waals surface area contributed by atoms with Crippen LogP contribution in [-0.2, 0) is 0 Å². The minimum atomic E-state index is -0.180. The van der Waals surface area contributed by atoms with Gasteiger partial charge in [-0.1, -0.05) is 24.3 Å². The van der Waals surface area contributed by atoms with E-state index in [1.54, 1.807) is 12.3 Å². The number of H-pyrrole nitrogens is 1. The molecule has 1 saturated heterocycles. The highest BCUT2D eigenvalue weighted by molar-refractivity contribution is 5.39. The van der Waals surface area contributed by atoms with Crippen molar-refractivity contribution in [3.63, 3.8) is 0 Å². The van der Waals surface area contributed by atoms with Crippen LogP contribution in [-0.4, -0.2) is 46.3 Å². The Hall–Kier alpha value is -2.73. The van der Waals surface area contributed by atoms with Gasteiger partial charge >= 0.3 is 0 Å². The molecule has 1 N–H and O–H groups in total. The monoisotopic (exact) mass is 337 g/mol. The number of halogens is 1. The molecule has 25 heavy (non-hydrogen) atoms. The molecular formula is C19H20FN5. The molecule has 5 nitrogen and oxygen atoms in total. The minimum absolute atomic E-state index is 0.133. The molecule has 128 valence electrons. The van der Waals surface area contributed by atoms with Crippen LogP contribution in [0.15, 0.2) is 61.1 Å². The summed E-state index contributed by atoms with van der Waals surface area (Å²) in [6.07, 6.45) is 5.44. The van der Waals surface area contributed by atoms with Crippen molar-refractivity contribution >= 4 is 5.82 Å². The molecule has 1 unspecified atom stereocenters. The number of aromatic nitrogens is 3. The molecule has 1 aliphatic heterocycles. The van der Waals surface area contributed by atoms with Crippen LogP contribution in [0.3, 0.4) is 0 Å². The number of anilines is 1. The van der Waals surface area contributed by atoms with Gasteiger partial charge in [-0.15, -0.1) is 0 Å². The van der Waals surface area contributed by atoms with Gasteiger partial charge in [-0.05, 0) is 18.2 Å². The molecule has 0 aliphatic carbocycles. The second-order valence-electron chi connectivity index (χ2n) is 6.17. The molecule has 1 fully saturated rings. The molecule has 1 aromatic carbocycles. The Morgan fingerprint density at radius 2 is 1.80 bits per heavy atom. The second kappa shape index (κ2) is 7.03. The summed E-state index contributed by atoms with van der Waals surface area (Å²) in [6, 6.07) is 12.8. The Morgan fingerprint density at radius 3 is 2.48 bits per heavy atom. The first kappa shape index (κ1) is 15.8. The number of aromatic amines is 1. The first-order valence-electron chi connectivity index (χ1n) is 8.46. The normalized spacial score (nSPS) is 16.8. The van der Waals surface area contributed by atoms with Crippen LogP contribution in [0.4, 0.5) is 10.2 Å². The lowest BCUT2D eigenvalue weighted by atomic mass is 9.98. The Kier molecular flexibility index (Phi) is 4.43. The van der Waals surface area contributed by atoms with Gasteiger partial charge in [-0.3, -0.25) is 10.00 Å². The zero-order valence-electron chi connectivity index (χ0n) is 13.8. The van der Waals surface area contributed by atoms with E-state index >= 15 is 0 Å². The quantitative estimate of drug-likeness (QED) is 0.795. The molecule has 4 rings (SSSR count). The number of pyridine rings is 1. The summed E-state index contributed by atoms with van der Waals surface area (Å²) in [5.74, 6) is 0.814. The van der Waals surface area contributed by atoms with Gasteiger partial charge in [-0.2, -0.15) is 5.10 Å². The number of hydrogen-bond acceptors (Lipinski definition) is 4. The average molecular weight is 337 g/mol. The van der Waals surface area contributed by atoms with E-state index in [0.717, 1.165) is 37.6 Å². The van der Waals surface area contributed by atoms with Crippen molar-refractivity contribution in [2.75, 3.05) is 31.1 Å². The van der Waals surface area contributed by atoms with E-state index in [1.165, 1.54) is 6.07 Å². The fraction of sp³-hybridized carbons (Fsp3) is 0.263. The van der Waals surface area contributed by atoms with Crippen molar-refractivity contribution in [3.8, 4) is 0 Å². The van der Waals surface area contributed by atoms with Gasteiger partial charge in [0, 0.05) is 49.7 Å². The molecule has 1 aliphatic rings. The third-order valence-corrected chi connectivity index (χ3v) is 4.69. The third-order valence-electron chi connectivity index (χ3n) is 4.69. The maximum Gasteiger partial charge on any atom is 0.128 e. The van der Waals surface area contributed by atoms with Gasteiger partial charge < -0.3 is 4.90 Å². The molecular weight excluding hydrogens is 317 g/mol. The summed E-state index contributed by atoms with van der Waals surface area (Å²) in [7, 11) is 0. The third kappa shape index (κ3) is 3.25. The Morgan fingerprint density at radius 1 is 1.00 bits per heavy atom. The number of nitrogens with one attached hydrogen (secondary N) is 1. The maximum atomic E-state index is 14.5. The van der Waals surface area contributed by atoms with Crippen LogP contribution in [0.5, 0.6) is 0 Å². The van der Waals surface area contributed by atoms with Crippen LogP contribution in [0.25, 0.3) is 0 Å². The molecule has 3 heterocycles. The molecule has 0 saturated carbocycles. The number of benzene rings is 1. The van der Waals surface area contributed by atoms with E-state index in [2.05, 4.69) is 25.0 Å². The van der Waals surface area contributed by atoms with Crippen LogP contribution < -0.4 is 4.90 Å². The van der Waals surface area contributed by atoms with Crippen LogP contribution >= 0.6 is 0 Å². The van der Waals surface area contributed by atoms with Gasteiger partial charge in [0.05, 0.1) is 12.2 Å². The number of hydrogen-bond donors (Lipinski definition) is 1. The molecule has 2 aromatic heterocycles. The molecule has 6 heteroatoms. The minimum Gasteiger partial charge on any atom is -0.354 e. The van der Waals surface area contributed by atoms with E-state index in [-0.39, 0.29) is 11.9 Å². The lowest BCUT2D eigenvalue weighted by Crippen LogP contribution is -2.48. The molecule has 0 amide bonds. The zero-order valence-corrected chi connectivity index (χ0v) is 13.8. The van der Waals surface area contributed by atoms with Crippen molar-refractivity contribution in [2.45, 2.75) is 6.04 Å². The van der Waals surface area contributed by atoms with Gasteiger partial charge in [0.15, 0.2) is 0 Å². The van der Waals surface area contributed by atoms with Crippen LogP contribution in [0.2, 0.25) is 0 Å². The number of rotatable bonds is 4. The summed E-state index contributed by atoms with van der Waals surface area (Å²) >= 11 is 0. The summed E-state index contributed by atoms with van der Waals surface area (Å²) in [5.41, 5.74) is 1.67. The standard InChI is InChI=1S/C19H20FN5/c20-17-6-2-1-5-16(17)19(15-13-22-23-14-15)25-11-9-24(10-12-25)18-7-3-4-8-21-18/h1-8,13-14,19H,9-12H2,(H,22,23). The van der Waals surface area contributed by atoms with Gasteiger partial charge in [-0.25, -0.2) is 9.37 Å². The highest BCUT2D eigenvalue weighted by atomic mass is 19.1.